The first kappa shape index (κ1) is 19.4. The second-order valence-electron chi connectivity index (χ2n) is 6.97. The van der Waals surface area contributed by atoms with Crippen LogP contribution in [0.4, 0.5) is 16.0 Å². The molecule has 0 amide bonds. The van der Waals surface area contributed by atoms with Gasteiger partial charge >= 0.3 is 0 Å². The van der Waals surface area contributed by atoms with Crippen molar-refractivity contribution in [2.24, 2.45) is 5.14 Å². The molecule has 1 unspecified atom stereocenters. The number of ether oxygens (including phenoxy) is 1. The minimum absolute atomic E-state index is 0.183. The Labute approximate surface area is 169 Å². The van der Waals surface area contributed by atoms with E-state index in [0.29, 0.717) is 29.2 Å². The molecule has 3 aromatic rings. The largest absolute Gasteiger partial charge is 0.493 e. The van der Waals surface area contributed by atoms with Crippen molar-refractivity contribution in [2.45, 2.75) is 12.8 Å². The van der Waals surface area contributed by atoms with E-state index in [4.69, 9.17) is 9.88 Å². The van der Waals surface area contributed by atoms with Crippen molar-refractivity contribution in [1.29, 1.82) is 0 Å². The van der Waals surface area contributed by atoms with Gasteiger partial charge in [0.15, 0.2) is 5.82 Å². The standard InChI is InChI=1S/C21H21FN4O2S/c1-29(23,27)13-14-5-2-8-16(11-14)25-21-24-12-18(22)19(26-21)17-9-3-6-15-7-4-10-28-20(15)17/h2-3,5-6,8-9,11-13H,4,7,10H2,1H3,(H2,23,27)(H,24,25,26). The van der Waals surface area contributed by atoms with Crippen molar-refractivity contribution in [1.82, 2.24) is 9.97 Å². The smallest absolute Gasteiger partial charge is 0.227 e. The molecule has 8 heteroatoms. The number of para-hydroxylation sites is 1. The number of hydrogen-bond acceptors (Lipinski definition) is 5. The number of fused-ring (bicyclic) bond motifs is 1. The maximum Gasteiger partial charge on any atom is 0.227 e. The van der Waals surface area contributed by atoms with Gasteiger partial charge in [-0.3, -0.25) is 9.35 Å². The number of aromatic nitrogens is 2. The average molecular weight is 412 g/mol. The number of nitrogens with two attached hydrogens (primary N) is 1. The van der Waals surface area contributed by atoms with E-state index in [1.165, 1.54) is 11.6 Å². The first-order valence-corrected chi connectivity index (χ1v) is 11.2. The maximum atomic E-state index is 14.6. The normalized spacial score (nSPS) is 15.0. The Bertz CT molecular complexity index is 1180. The lowest BCUT2D eigenvalue weighted by molar-refractivity contribution is 0.289. The van der Waals surface area contributed by atoms with Crippen molar-refractivity contribution < 1.29 is 13.3 Å². The lowest BCUT2D eigenvalue weighted by Crippen LogP contribution is -2.13. The Balaban J connectivity index is 1.69. The van der Waals surface area contributed by atoms with Crippen molar-refractivity contribution in [3.63, 3.8) is 0 Å². The van der Waals surface area contributed by atoms with Crippen LogP contribution in [0.1, 0.15) is 17.5 Å². The van der Waals surface area contributed by atoms with E-state index < -0.39 is 15.5 Å². The second kappa shape index (κ2) is 7.81. The molecule has 2 aromatic carbocycles. The van der Waals surface area contributed by atoms with Gasteiger partial charge in [0.25, 0.3) is 0 Å². The molecule has 0 bridgehead atoms. The summed E-state index contributed by atoms with van der Waals surface area (Å²) in [6, 6.07) is 12.8. The maximum absolute atomic E-state index is 14.6. The number of nitrogens with zero attached hydrogens (tertiary/aromatic N) is 2. The van der Waals surface area contributed by atoms with Gasteiger partial charge < -0.3 is 10.1 Å². The molecular weight excluding hydrogens is 391 g/mol. The quantitative estimate of drug-likeness (QED) is 0.642. The van der Waals surface area contributed by atoms with Crippen molar-refractivity contribution in [2.75, 3.05) is 18.2 Å². The van der Waals surface area contributed by atoms with Crippen LogP contribution in [0.5, 0.6) is 5.75 Å². The topological polar surface area (TPSA) is 90.1 Å². The Morgan fingerprint density at radius 2 is 2.10 bits per heavy atom. The summed E-state index contributed by atoms with van der Waals surface area (Å²) in [6.45, 7) is 0.604. The van der Waals surface area contributed by atoms with E-state index in [-0.39, 0.29) is 11.6 Å². The highest BCUT2D eigenvalue weighted by Gasteiger charge is 2.19. The monoisotopic (exact) mass is 412 g/mol. The van der Waals surface area contributed by atoms with Gasteiger partial charge in [0, 0.05) is 32.6 Å². The first-order valence-electron chi connectivity index (χ1n) is 9.15. The molecule has 1 aromatic heterocycles. The minimum atomic E-state index is -2.52. The third-order valence-electron chi connectivity index (χ3n) is 4.45. The molecule has 0 spiro atoms. The van der Waals surface area contributed by atoms with Gasteiger partial charge in [0.2, 0.25) is 5.95 Å². The lowest BCUT2D eigenvalue weighted by Gasteiger charge is -2.20. The van der Waals surface area contributed by atoms with E-state index in [2.05, 4.69) is 15.3 Å². The fourth-order valence-electron chi connectivity index (χ4n) is 3.28. The zero-order valence-electron chi connectivity index (χ0n) is 15.9. The lowest BCUT2D eigenvalue weighted by atomic mass is 10.0. The van der Waals surface area contributed by atoms with Gasteiger partial charge in [-0.1, -0.05) is 24.3 Å². The van der Waals surface area contributed by atoms with Gasteiger partial charge in [-0.25, -0.2) is 14.4 Å². The van der Waals surface area contributed by atoms with Crippen LogP contribution in [-0.2, 0) is 16.1 Å². The number of rotatable bonds is 4. The van der Waals surface area contributed by atoms with Crippen LogP contribution in [0.25, 0.3) is 11.3 Å². The molecule has 2 heterocycles. The summed E-state index contributed by atoms with van der Waals surface area (Å²) in [4.78, 5) is 8.43. The van der Waals surface area contributed by atoms with E-state index in [1.807, 2.05) is 18.2 Å². The highest BCUT2D eigenvalue weighted by Crippen LogP contribution is 2.36. The van der Waals surface area contributed by atoms with E-state index >= 15 is 0 Å². The van der Waals surface area contributed by atoms with Gasteiger partial charge in [0.05, 0.1) is 12.8 Å². The summed E-state index contributed by atoms with van der Waals surface area (Å²) in [6.07, 6.45) is 4.44. The van der Waals surface area contributed by atoms with Crippen LogP contribution in [0.2, 0.25) is 0 Å². The van der Waals surface area contributed by atoms with Crippen molar-refractivity contribution >= 4 is 26.7 Å². The number of benzene rings is 2. The van der Waals surface area contributed by atoms with Gasteiger partial charge in [-0.2, -0.15) is 0 Å². The minimum Gasteiger partial charge on any atom is -0.493 e. The van der Waals surface area contributed by atoms with Crippen molar-refractivity contribution in [3.8, 4) is 17.0 Å². The number of aryl methyl sites for hydroxylation is 1. The summed E-state index contributed by atoms with van der Waals surface area (Å²) in [5, 5.41) is 10.2. The molecule has 29 heavy (non-hydrogen) atoms. The Hall–Kier alpha value is -2.97. The summed E-state index contributed by atoms with van der Waals surface area (Å²) in [5.74, 6) is 0.408. The van der Waals surface area contributed by atoms with Crippen LogP contribution in [-0.4, -0.2) is 32.4 Å². The number of hydrogen-bond donors (Lipinski definition) is 2. The van der Waals surface area contributed by atoms with E-state index in [0.717, 1.165) is 24.6 Å². The molecule has 1 aliphatic heterocycles. The molecule has 150 valence electrons. The average Bonchev–Trinajstić information content (AvgIpc) is 2.68. The Morgan fingerprint density at radius 1 is 1.28 bits per heavy atom. The summed E-state index contributed by atoms with van der Waals surface area (Å²) in [7, 11) is -2.52. The molecule has 1 aliphatic rings. The highest BCUT2D eigenvalue weighted by molar-refractivity contribution is 7.98. The molecule has 0 saturated carbocycles. The summed E-state index contributed by atoms with van der Waals surface area (Å²) < 4.78 is 32.2. The Morgan fingerprint density at radius 3 is 2.93 bits per heavy atom. The van der Waals surface area contributed by atoms with Crippen LogP contribution in [0, 0.1) is 5.82 Å². The predicted octanol–water partition coefficient (Wildman–Crippen LogP) is 3.29. The number of anilines is 2. The number of halogens is 1. The molecular formula is C21H21FN4O2S. The molecule has 0 aliphatic carbocycles. The zero-order valence-corrected chi connectivity index (χ0v) is 16.7. The van der Waals surface area contributed by atoms with Gasteiger partial charge in [-0.15, -0.1) is 0 Å². The number of nitrogens with one attached hydrogen (secondary N) is 1. The Kier molecular flexibility index (Phi) is 5.21. The third-order valence-corrected chi connectivity index (χ3v) is 5.19. The summed E-state index contributed by atoms with van der Waals surface area (Å²) >= 11 is 0. The van der Waals surface area contributed by atoms with E-state index in [1.54, 1.807) is 24.3 Å². The molecule has 4 rings (SSSR count). The first-order chi connectivity index (χ1) is 13.9. The fraction of sp³-hybridized carbons (Fsp3) is 0.190. The summed E-state index contributed by atoms with van der Waals surface area (Å²) in [5.41, 5.74) is 3.22. The van der Waals surface area contributed by atoms with E-state index in [9.17, 15) is 8.60 Å². The third kappa shape index (κ3) is 4.55. The zero-order chi connectivity index (χ0) is 20.4. The van der Waals surface area contributed by atoms with Gasteiger partial charge in [-0.05, 0) is 42.2 Å². The van der Waals surface area contributed by atoms with Crippen LogP contribution in [0.3, 0.4) is 0 Å². The molecule has 0 fully saturated rings. The molecule has 6 nitrogen and oxygen atoms in total. The van der Waals surface area contributed by atoms with Crippen molar-refractivity contribution in [3.05, 3.63) is 65.6 Å². The van der Waals surface area contributed by atoms with Crippen LogP contribution in [0.15, 0.2) is 48.7 Å². The predicted molar refractivity (Wildman–Crippen MR) is 114 cm³/mol. The SMILES string of the molecule is CS(N)(=O)=Cc1cccc(Nc2ncc(F)c(-c3cccc4c3OCCC4)n2)c1. The fourth-order valence-corrected chi connectivity index (χ4v) is 3.97. The van der Waals surface area contributed by atoms with Crippen LogP contribution >= 0.6 is 0 Å². The molecule has 3 N–H and O–H groups in total. The second-order valence-corrected chi connectivity index (χ2v) is 9.14. The molecule has 0 radical (unpaired) electrons. The molecule has 0 saturated heterocycles. The highest BCUT2D eigenvalue weighted by atomic mass is 32.2. The molecule has 1 atom stereocenters. The van der Waals surface area contributed by atoms with Crippen LogP contribution < -0.4 is 15.2 Å². The van der Waals surface area contributed by atoms with Gasteiger partial charge in [0.1, 0.15) is 11.4 Å².